The third-order valence-corrected chi connectivity index (χ3v) is 4.04. The number of carboxylic acids is 1. The molecule has 0 spiro atoms. The summed E-state index contributed by atoms with van der Waals surface area (Å²) in [5.41, 5.74) is 0.0449. The molecule has 0 radical (unpaired) electrons. The number of carbonyl (C=O) groups is 2. The fourth-order valence-corrected chi connectivity index (χ4v) is 2.83. The minimum absolute atomic E-state index is 0.0137. The van der Waals surface area contributed by atoms with Crippen molar-refractivity contribution in [2.75, 3.05) is 16.7 Å². The van der Waals surface area contributed by atoms with E-state index in [-0.39, 0.29) is 28.5 Å². The van der Waals surface area contributed by atoms with Gasteiger partial charge in [-0.1, -0.05) is 0 Å². The molecule has 0 aliphatic carbocycles. The molecule has 2 rings (SSSR count). The van der Waals surface area contributed by atoms with Crippen LogP contribution in [-0.2, 0) is 16.1 Å². The number of aromatic carboxylic acids is 1. The van der Waals surface area contributed by atoms with Crippen molar-refractivity contribution in [3.8, 4) is 11.5 Å². The number of methoxy groups -OCH3 is 1. The van der Waals surface area contributed by atoms with Crippen molar-refractivity contribution in [3.63, 3.8) is 0 Å². The highest BCUT2D eigenvalue weighted by Gasteiger charge is 2.17. The smallest absolute Gasteiger partial charge is 0.339 e. The van der Waals surface area contributed by atoms with Crippen molar-refractivity contribution in [1.82, 2.24) is 0 Å². The molecule has 3 N–H and O–H groups in total. The van der Waals surface area contributed by atoms with Crippen molar-refractivity contribution in [1.29, 1.82) is 0 Å². The minimum atomic E-state index is -2.79. The second-order valence-electron chi connectivity index (χ2n) is 5.08. The molecule has 1 amide bonds. The summed E-state index contributed by atoms with van der Waals surface area (Å²) in [6.07, 6.45) is 0. The number of hydrogen-bond acceptors (Lipinski definition) is 6. The molecule has 9 nitrogen and oxygen atoms in total. The Morgan fingerprint density at radius 3 is 2.31 bits per heavy atom. The first-order valence-corrected chi connectivity index (χ1v) is 8.19. The molecule has 2 aromatic carbocycles. The first-order chi connectivity index (χ1) is 12.2. The molecule has 0 aliphatic rings. The fraction of sp³-hybridized carbons (Fsp3) is 0.125. The molecule has 0 aliphatic heterocycles. The lowest BCUT2D eigenvalue weighted by Crippen LogP contribution is -2.20. The van der Waals surface area contributed by atoms with E-state index in [0.717, 1.165) is 16.4 Å². The molecule has 1 atom stereocenters. The van der Waals surface area contributed by atoms with Gasteiger partial charge in [-0.3, -0.25) is 13.3 Å². The summed E-state index contributed by atoms with van der Waals surface area (Å²) in [5.74, 6) is -1.98. The van der Waals surface area contributed by atoms with Gasteiger partial charge in [0.1, 0.15) is 17.1 Å². The molecular weight excluding hydrogens is 364 g/mol. The number of ether oxygens (including phenoxy) is 1. The second-order valence-corrected chi connectivity index (χ2v) is 5.88. The average molecular weight is 379 g/mol. The van der Waals surface area contributed by atoms with Crippen LogP contribution >= 0.6 is 0 Å². The largest absolute Gasteiger partial charge is 0.755 e. The predicted molar refractivity (Wildman–Crippen MR) is 93.4 cm³/mol. The monoisotopic (exact) mass is 379 g/mol. The summed E-state index contributed by atoms with van der Waals surface area (Å²) in [7, 11) is 1.40. The maximum atomic E-state index is 11.7. The van der Waals surface area contributed by atoms with Gasteiger partial charge >= 0.3 is 5.97 Å². The van der Waals surface area contributed by atoms with E-state index >= 15 is 0 Å². The van der Waals surface area contributed by atoms with Crippen molar-refractivity contribution in [2.24, 2.45) is 0 Å². The van der Waals surface area contributed by atoms with Crippen LogP contribution < -0.4 is 14.4 Å². The zero-order valence-electron chi connectivity index (χ0n) is 13.8. The molecular formula is C16H15N2O7S-. The Morgan fingerprint density at radius 1 is 1.19 bits per heavy atom. The highest BCUT2D eigenvalue weighted by molar-refractivity contribution is 7.81. The molecule has 0 heterocycles. The number of aromatic hydroxyl groups is 1. The lowest BCUT2D eigenvalue weighted by Gasteiger charge is -2.27. The Balaban J connectivity index is 2.54. The molecule has 0 saturated heterocycles. The fourth-order valence-electron chi connectivity index (χ4n) is 2.26. The van der Waals surface area contributed by atoms with E-state index in [1.165, 1.54) is 38.3 Å². The SMILES string of the molecule is COc1ccc(N(c2ccc(C(=O)O)c(O)c2)S(=O)[O-])cc1NC(C)=O. The van der Waals surface area contributed by atoms with Crippen LogP contribution in [0.3, 0.4) is 0 Å². The highest BCUT2D eigenvalue weighted by Crippen LogP contribution is 2.35. The van der Waals surface area contributed by atoms with Crippen LogP contribution in [0.1, 0.15) is 17.3 Å². The van der Waals surface area contributed by atoms with Gasteiger partial charge < -0.3 is 24.8 Å². The van der Waals surface area contributed by atoms with Crippen molar-refractivity contribution < 1.29 is 33.3 Å². The first kappa shape index (κ1) is 19.2. The van der Waals surface area contributed by atoms with Crippen LogP contribution in [0.25, 0.3) is 0 Å². The van der Waals surface area contributed by atoms with E-state index in [4.69, 9.17) is 9.84 Å². The highest BCUT2D eigenvalue weighted by atomic mass is 32.2. The number of benzene rings is 2. The number of amides is 1. The normalized spacial score (nSPS) is 11.5. The number of carbonyl (C=O) groups excluding carboxylic acids is 1. The van der Waals surface area contributed by atoms with Gasteiger partial charge in [0.25, 0.3) is 0 Å². The van der Waals surface area contributed by atoms with Crippen LogP contribution in [0.2, 0.25) is 0 Å². The molecule has 0 saturated carbocycles. The predicted octanol–water partition coefficient (Wildman–Crippen LogP) is 1.99. The number of hydrogen-bond donors (Lipinski definition) is 3. The molecule has 10 heteroatoms. The van der Waals surface area contributed by atoms with E-state index in [1.54, 1.807) is 0 Å². The first-order valence-electron chi connectivity index (χ1n) is 7.16. The summed E-state index contributed by atoms with van der Waals surface area (Å²) in [6, 6.07) is 7.61. The molecule has 138 valence electrons. The topological polar surface area (TPSA) is 139 Å². The van der Waals surface area contributed by atoms with E-state index in [0.29, 0.717) is 5.75 Å². The standard InChI is InChI=1S/C16H16N2O7S/c1-9(19)17-13-7-10(4-6-15(13)25-2)18(26(23)24)11-3-5-12(16(21)22)14(20)8-11/h3-8,20H,1-2H3,(H,17,19)(H,21,22)(H,23,24)/p-1. The molecule has 2 aromatic rings. The number of nitrogens with one attached hydrogen (secondary N) is 1. The van der Waals surface area contributed by atoms with Crippen molar-refractivity contribution in [2.45, 2.75) is 6.92 Å². The summed E-state index contributed by atoms with van der Waals surface area (Å²) in [5, 5.41) is 21.3. The third kappa shape index (κ3) is 4.10. The van der Waals surface area contributed by atoms with E-state index in [2.05, 4.69) is 5.32 Å². The van der Waals surface area contributed by atoms with Crippen molar-refractivity contribution >= 4 is 40.2 Å². The molecule has 0 fully saturated rings. The molecule has 26 heavy (non-hydrogen) atoms. The van der Waals surface area contributed by atoms with E-state index in [9.17, 15) is 23.5 Å². The van der Waals surface area contributed by atoms with Gasteiger partial charge in [-0.2, -0.15) is 0 Å². The lowest BCUT2D eigenvalue weighted by atomic mass is 10.1. The molecule has 1 unspecified atom stereocenters. The van der Waals surface area contributed by atoms with Crippen LogP contribution in [0.4, 0.5) is 17.1 Å². The number of carboxylic acid groups (broad SMARTS) is 1. The van der Waals surface area contributed by atoms with Crippen LogP contribution in [0.5, 0.6) is 11.5 Å². The zero-order valence-corrected chi connectivity index (χ0v) is 14.6. The third-order valence-electron chi connectivity index (χ3n) is 3.32. The van der Waals surface area contributed by atoms with Gasteiger partial charge in [-0.05, 0) is 30.3 Å². The summed E-state index contributed by atoms with van der Waals surface area (Å²) in [4.78, 5) is 22.3. The van der Waals surface area contributed by atoms with Crippen LogP contribution in [-0.4, -0.2) is 38.0 Å². The van der Waals surface area contributed by atoms with E-state index < -0.39 is 23.0 Å². The second kappa shape index (κ2) is 7.85. The maximum Gasteiger partial charge on any atom is 0.339 e. The van der Waals surface area contributed by atoms with Crippen LogP contribution in [0.15, 0.2) is 36.4 Å². The summed E-state index contributed by atoms with van der Waals surface area (Å²) < 4.78 is 29.4. The van der Waals surface area contributed by atoms with Crippen molar-refractivity contribution in [3.05, 3.63) is 42.0 Å². The Hall–Kier alpha value is -3.11. The Bertz CT molecular complexity index is 885. The number of nitrogens with zero attached hydrogens (tertiary/aromatic N) is 1. The average Bonchev–Trinajstić information content (AvgIpc) is 2.54. The van der Waals surface area contributed by atoms with Gasteiger partial charge in [0.05, 0.1) is 35.4 Å². The van der Waals surface area contributed by atoms with Gasteiger partial charge in [-0.25, -0.2) is 4.79 Å². The maximum absolute atomic E-state index is 11.7. The van der Waals surface area contributed by atoms with Crippen LogP contribution in [0, 0.1) is 0 Å². The molecule has 0 aromatic heterocycles. The summed E-state index contributed by atoms with van der Waals surface area (Å²) >= 11 is -2.79. The number of anilines is 3. The van der Waals surface area contributed by atoms with Gasteiger partial charge in [-0.15, -0.1) is 0 Å². The van der Waals surface area contributed by atoms with Gasteiger partial charge in [0.15, 0.2) is 0 Å². The lowest BCUT2D eigenvalue weighted by molar-refractivity contribution is -0.114. The number of rotatable bonds is 6. The minimum Gasteiger partial charge on any atom is -0.755 e. The Morgan fingerprint density at radius 2 is 1.81 bits per heavy atom. The number of phenols is 1. The van der Waals surface area contributed by atoms with Gasteiger partial charge in [0.2, 0.25) is 5.91 Å². The zero-order chi connectivity index (χ0) is 19.4. The quantitative estimate of drug-likeness (QED) is 0.652. The Labute approximate surface area is 151 Å². The molecule has 0 bridgehead atoms. The van der Waals surface area contributed by atoms with Gasteiger partial charge in [0, 0.05) is 13.0 Å². The summed E-state index contributed by atoms with van der Waals surface area (Å²) in [6.45, 7) is 1.29. The Kier molecular flexibility index (Phi) is 5.80. The van der Waals surface area contributed by atoms with E-state index in [1.807, 2.05) is 0 Å².